The van der Waals surface area contributed by atoms with Crippen LogP contribution in [0.4, 0.5) is 11.4 Å². The molecule has 226 valence electrons. The summed E-state index contributed by atoms with van der Waals surface area (Å²) in [6.45, 7) is 6.72. The van der Waals surface area contributed by atoms with Crippen LogP contribution in [0.25, 0.3) is 10.9 Å². The molecule has 2 unspecified atom stereocenters. The van der Waals surface area contributed by atoms with E-state index in [9.17, 15) is 5.26 Å². The second-order valence-electron chi connectivity index (χ2n) is 10.2. The number of hydrogen-bond acceptors (Lipinski definition) is 9. The van der Waals surface area contributed by atoms with Crippen LogP contribution in [-0.2, 0) is 4.74 Å². The van der Waals surface area contributed by atoms with E-state index in [-0.39, 0.29) is 0 Å². The van der Waals surface area contributed by atoms with Gasteiger partial charge in [-0.05, 0) is 68.3 Å². The van der Waals surface area contributed by atoms with Crippen LogP contribution in [0.2, 0.25) is 0 Å². The van der Waals surface area contributed by atoms with E-state index >= 15 is 0 Å². The van der Waals surface area contributed by atoms with Crippen molar-refractivity contribution in [1.82, 2.24) is 10.3 Å². The van der Waals surface area contributed by atoms with E-state index in [1.807, 2.05) is 74.6 Å². The zero-order chi connectivity index (χ0) is 30.6. The second kappa shape index (κ2) is 15.6. The van der Waals surface area contributed by atoms with Crippen LogP contribution in [0.15, 0.2) is 66.9 Å². The van der Waals surface area contributed by atoms with Crippen LogP contribution < -0.4 is 29.6 Å². The Morgan fingerprint density at radius 3 is 2.37 bits per heavy atom. The molecule has 2 heterocycles. The number of fused-ring (bicyclic) bond motifs is 1. The van der Waals surface area contributed by atoms with Crippen LogP contribution in [0.1, 0.15) is 32.3 Å². The number of ether oxygens (including phenoxy) is 5. The summed E-state index contributed by atoms with van der Waals surface area (Å²) in [7, 11) is 5.19. The lowest BCUT2D eigenvalue weighted by atomic mass is 9.98. The Balaban J connectivity index is 0.000000403. The van der Waals surface area contributed by atoms with Gasteiger partial charge in [0.05, 0.1) is 44.2 Å². The van der Waals surface area contributed by atoms with Gasteiger partial charge >= 0.3 is 0 Å². The molecule has 0 bridgehead atoms. The summed E-state index contributed by atoms with van der Waals surface area (Å²) in [4.78, 5) is 4.45. The largest absolute Gasteiger partial charge is 0.493 e. The molecule has 0 spiro atoms. The molecule has 9 heteroatoms. The minimum atomic E-state index is 0.422. The molecule has 1 aliphatic rings. The van der Waals surface area contributed by atoms with Gasteiger partial charge in [0.1, 0.15) is 11.8 Å². The highest BCUT2D eigenvalue weighted by molar-refractivity contribution is 5.97. The summed E-state index contributed by atoms with van der Waals surface area (Å²) in [5.41, 5.74) is 2.56. The number of para-hydroxylation sites is 2. The fraction of sp³-hybridized carbons (Fsp3) is 0.353. The highest BCUT2D eigenvalue weighted by Crippen LogP contribution is 2.38. The van der Waals surface area contributed by atoms with E-state index in [2.05, 4.69) is 28.6 Å². The van der Waals surface area contributed by atoms with Crippen LogP contribution in [0.3, 0.4) is 0 Å². The Kier molecular flexibility index (Phi) is 11.4. The molecule has 0 radical (unpaired) electrons. The number of nitriles is 1. The van der Waals surface area contributed by atoms with E-state index in [1.54, 1.807) is 20.4 Å². The van der Waals surface area contributed by atoms with Crippen molar-refractivity contribution in [2.75, 3.05) is 46.4 Å². The number of methoxy groups -OCH3 is 2. The monoisotopic (exact) mass is 584 g/mol. The number of likely N-dealkylation sites (N-methyl/N-ethyl adjacent to an activating group) is 1. The van der Waals surface area contributed by atoms with Crippen LogP contribution in [-0.4, -0.2) is 52.1 Å². The number of rotatable bonds is 10. The molecule has 1 aliphatic heterocycles. The number of anilines is 2. The molecule has 2 atom stereocenters. The number of nitrogens with zero attached hydrogens (tertiary/aromatic N) is 2. The molecular formula is C34H40N4O5. The van der Waals surface area contributed by atoms with Crippen molar-refractivity contribution in [1.29, 1.82) is 5.26 Å². The van der Waals surface area contributed by atoms with Gasteiger partial charge in [0.25, 0.3) is 0 Å². The molecule has 1 aromatic heterocycles. The topological polar surface area (TPSA) is 107 Å². The molecule has 0 aliphatic carbocycles. The van der Waals surface area contributed by atoms with Crippen molar-refractivity contribution in [3.8, 4) is 34.8 Å². The van der Waals surface area contributed by atoms with Gasteiger partial charge in [-0.1, -0.05) is 26.0 Å². The summed E-state index contributed by atoms with van der Waals surface area (Å²) in [5, 5.41) is 17.0. The minimum absolute atomic E-state index is 0.422. The Hall–Kier alpha value is -4.52. The third kappa shape index (κ3) is 8.07. The Bertz CT molecular complexity index is 1520. The van der Waals surface area contributed by atoms with Gasteiger partial charge in [0.2, 0.25) is 0 Å². The fourth-order valence-electron chi connectivity index (χ4n) is 4.70. The number of pyridine rings is 1. The quantitative estimate of drug-likeness (QED) is 0.202. The van der Waals surface area contributed by atoms with Crippen LogP contribution in [0, 0.1) is 17.2 Å². The maximum Gasteiger partial charge on any atom is 0.169 e. The van der Waals surface area contributed by atoms with Crippen molar-refractivity contribution in [3.63, 3.8) is 0 Å². The predicted octanol–water partition coefficient (Wildman–Crippen LogP) is 7.08. The number of benzene rings is 3. The van der Waals surface area contributed by atoms with Crippen molar-refractivity contribution in [2.45, 2.75) is 32.7 Å². The summed E-state index contributed by atoms with van der Waals surface area (Å²) < 4.78 is 27.9. The van der Waals surface area contributed by atoms with Crippen LogP contribution in [0.5, 0.6) is 28.7 Å². The van der Waals surface area contributed by atoms with E-state index in [1.165, 1.54) is 6.42 Å². The van der Waals surface area contributed by atoms with Gasteiger partial charge < -0.3 is 34.3 Å². The lowest BCUT2D eigenvalue weighted by Gasteiger charge is -2.28. The molecule has 3 aromatic carbocycles. The Morgan fingerprint density at radius 2 is 1.74 bits per heavy atom. The predicted molar refractivity (Wildman–Crippen MR) is 169 cm³/mol. The molecule has 0 amide bonds. The van der Waals surface area contributed by atoms with E-state index in [0.29, 0.717) is 58.2 Å². The molecule has 0 saturated carbocycles. The van der Waals surface area contributed by atoms with E-state index < -0.39 is 0 Å². The number of aromatic nitrogens is 1. The maximum atomic E-state index is 9.69. The van der Waals surface area contributed by atoms with Crippen molar-refractivity contribution < 1.29 is 23.7 Å². The lowest BCUT2D eigenvalue weighted by molar-refractivity contribution is 0.0442. The standard InChI is InChI=1S/C27H25N3O4.C7H15NO/c1-4-13-33-26-15-22-21(14-25(26)32-3)27(18(16-28)17-29-22)30-19-9-11-20(12-10-19)34-24-8-6-5-7-23(24)31-2;1-6-3-4-9-5-7(6)8-2/h5-12,14-15,17H,4,13H2,1-3H3,(H,29,30);6-8H,3-5H2,1-2H3. The third-order valence-electron chi connectivity index (χ3n) is 7.23. The first-order chi connectivity index (χ1) is 21.0. The first kappa shape index (κ1) is 31.4. The normalized spacial score (nSPS) is 15.9. The first-order valence-corrected chi connectivity index (χ1v) is 14.5. The summed E-state index contributed by atoms with van der Waals surface area (Å²) >= 11 is 0. The summed E-state index contributed by atoms with van der Waals surface area (Å²) in [6, 6.07) is 21.4. The second-order valence-corrected chi connectivity index (χ2v) is 10.2. The maximum absolute atomic E-state index is 9.69. The number of hydrogen-bond donors (Lipinski definition) is 2. The van der Waals surface area contributed by atoms with Gasteiger partial charge in [0, 0.05) is 36.0 Å². The lowest BCUT2D eigenvalue weighted by Crippen LogP contribution is -2.40. The Labute approximate surface area is 253 Å². The van der Waals surface area contributed by atoms with E-state index in [0.717, 1.165) is 36.6 Å². The molecule has 2 N–H and O–H groups in total. The van der Waals surface area contributed by atoms with Gasteiger partial charge in [0.15, 0.2) is 23.0 Å². The van der Waals surface area contributed by atoms with Crippen molar-refractivity contribution in [2.24, 2.45) is 5.92 Å². The SMILES string of the molecule is CCCOc1cc2ncc(C#N)c(Nc3ccc(Oc4ccccc4OC)cc3)c2cc1OC.CNC1COCCC1C. The van der Waals surface area contributed by atoms with E-state index in [4.69, 9.17) is 23.7 Å². The summed E-state index contributed by atoms with van der Waals surface area (Å²) in [6.07, 6.45) is 3.64. The van der Waals surface area contributed by atoms with Gasteiger partial charge in [-0.3, -0.25) is 4.98 Å². The molecule has 43 heavy (non-hydrogen) atoms. The molecule has 5 rings (SSSR count). The highest BCUT2D eigenvalue weighted by atomic mass is 16.5. The molecule has 1 fully saturated rings. The average molecular weight is 585 g/mol. The molecule has 4 aromatic rings. The third-order valence-corrected chi connectivity index (χ3v) is 7.23. The molecule has 9 nitrogen and oxygen atoms in total. The zero-order valence-corrected chi connectivity index (χ0v) is 25.5. The fourth-order valence-corrected chi connectivity index (χ4v) is 4.70. The smallest absolute Gasteiger partial charge is 0.169 e. The zero-order valence-electron chi connectivity index (χ0n) is 25.5. The van der Waals surface area contributed by atoms with Gasteiger partial charge in [-0.2, -0.15) is 5.26 Å². The van der Waals surface area contributed by atoms with Gasteiger partial charge in [-0.25, -0.2) is 0 Å². The number of nitrogens with one attached hydrogen (secondary N) is 2. The molecular weight excluding hydrogens is 544 g/mol. The average Bonchev–Trinajstić information content (AvgIpc) is 3.05. The highest BCUT2D eigenvalue weighted by Gasteiger charge is 2.19. The van der Waals surface area contributed by atoms with Crippen molar-refractivity contribution in [3.05, 3.63) is 72.4 Å². The minimum Gasteiger partial charge on any atom is -0.493 e. The Morgan fingerprint density at radius 1 is 1.00 bits per heavy atom. The van der Waals surface area contributed by atoms with Gasteiger partial charge in [-0.15, -0.1) is 0 Å². The first-order valence-electron chi connectivity index (χ1n) is 14.5. The van der Waals surface area contributed by atoms with Crippen LogP contribution >= 0.6 is 0 Å². The molecule has 1 saturated heterocycles. The van der Waals surface area contributed by atoms with Crippen molar-refractivity contribution >= 4 is 22.3 Å². The summed E-state index contributed by atoms with van der Waals surface area (Å²) in [5.74, 6) is 3.94.